The minimum absolute atomic E-state index is 0.119. The number of hydrogen-bond donors (Lipinski definition) is 1. The predicted octanol–water partition coefficient (Wildman–Crippen LogP) is 4.84. The molecule has 1 aliphatic rings. The molecular weight excluding hydrogens is 374 g/mol. The summed E-state index contributed by atoms with van der Waals surface area (Å²) in [5, 5.41) is 7.90. The lowest BCUT2D eigenvalue weighted by Gasteiger charge is -2.29. The van der Waals surface area contributed by atoms with Crippen LogP contribution in [0.25, 0.3) is 0 Å². The van der Waals surface area contributed by atoms with Gasteiger partial charge in [-0.3, -0.25) is 0 Å². The van der Waals surface area contributed by atoms with Crippen molar-refractivity contribution in [1.82, 2.24) is 10.2 Å². The van der Waals surface area contributed by atoms with Gasteiger partial charge in [-0.25, -0.2) is 4.79 Å². The monoisotopic (exact) mass is 399 g/mol. The number of nitrogens with zero attached hydrogens (tertiary/aromatic N) is 2. The molecule has 1 atom stereocenters. The van der Waals surface area contributed by atoms with Gasteiger partial charge < -0.3 is 15.1 Å². The van der Waals surface area contributed by atoms with Gasteiger partial charge in [-0.15, -0.1) is 0 Å². The van der Waals surface area contributed by atoms with E-state index < -0.39 is 0 Å². The Hall–Kier alpha value is -2.53. The first-order valence-corrected chi connectivity index (χ1v) is 9.78. The second-order valence-electron chi connectivity index (χ2n) is 8.00. The summed E-state index contributed by atoms with van der Waals surface area (Å²) in [4.78, 5) is 20.3. The molecule has 2 aromatic rings. The first-order valence-electron chi connectivity index (χ1n) is 9.40. The fourth-order valence-electron chi connectivity index (χ4n) is 3.05. The van der Waals surface area contributed by atoms with E-state index in [9.17, 15) is 4.79 Å². The van der Waals surface area contributed by atoms with Gasteiger partial charge in [0.25, 0.3) is 0 Å². The smallest absolute Gasteiger partial charge is 0.318 e. The number of oxime groups is 1. The van der Waals surface area contributed by atoms with Crippen LogP contribution in [0.2, 0.25) is 5.02 Å². The highest BCUT2D eigenvalue weighted by molar-refractivity contribution is 6.34. The van der Waals surface area contributed by atoms with E-state index in [1.165, 1.54) is 0 Å². The van der Waals surface area contributed by atoms with Gasteiger partial charge in [0.2, 0.25) is 0 Å². The summed E-state index contributed by atoms with van der Waals surface area (Å²) < 4.78 is 0. The van der Waals surface area contributed by atoms with Gasteiger partial charge in [0.15, 0.2) is 6.10 Å². The zero-order chi connectivity index (χ0) is 20.1. The second-order valence-corrected chi connectivity index (χ2v) is 8.40. The maximum absolute atomic E-state index is 12.9. The molecule has 0 bridgehead atoms. The van der Waals surface area contributed by atoms with Gasteiger partial charge >= 0.3 is 6.03 Å². The predicted molar refractivity (Wildman–Crippen MR) is 113 cm³/mol. The number of carbonyl (C=O) groups excluding carboxylic acids is 1. The van der Waals surface area contributed by atoms with Crippen LogP contribution in [-0.4, -0.2) is 34.8 Å². The molecule has 0 aromatic heterocycles. The van der Waals surface area contributed by atoms with Gasteiger partial charge in [-0.1, -0.05) is 65.3 Å². The molecule has 1 aliphatic heterocycles. The highest BCUT2D eigenvalue weighted by atomic mass is 35.5. The molecule has 28 heavy (non-hydrogen) atoms. The molecule has 1 N–H and O–H groups in total. The van der Waals surface area contributed by atoms with Crippen LogP contribution in [0.5, 0.6) is 0 Å². The highest BCUT2D eigenvalue weighted by Crippen LogP contribution is 2.23. The molecule has 1 heterocycles. The topological polar surface area (TPSA) is 53.9 Å². The summed E-state index contributed by atoms with van der Waals surface area (Å²) in [6.45, 7) is 6.85. The molecule has 0 radical (unpaired) electrons. The molecule has 0 saturated carbocycles. The van der Waals surface area contributed by atoms with Gasteiger partial charge in [0, 0.05) is 29.1 Å². The summed E-state index contributed by atoms with van der Waals surface area (Å²) in [5.74, 6) is 0. The van der Waals surface area contributed by atoms with Crippen molar-refractivity contribution < 1.29 is 9.63 Å². The Kier molecular flexibility index (Phi) is 6.25. The Morgan fingerprint density at radius 1 is 1.18 bits per heavy atom. The number of halogens is 1. The van der Waals surface area contributed by atoms with Crippen molar-refractivity contribution in [3.63, 3.8) is 0 Å². The molecule has 3 rings (SSSR count). The molecule has 2 aromatic carbocycles. The third-order valence-electron chi connectivity index (χ3n) is 4.33. The SMILES string of the molecule is CC(C)(C)NC(=O)N(Cc1ccccc1)C[C@@H]1CC(c2ccccc2Cl)=NO1. The van der Waals surface area contributed by atoms with Crippen molar-refractivity contribution in [3.8, 4) is 0 Å². The largest absolute Gasteiger partial charge is 0.390 e. The molecule has 0 aliphatic carbocycles. The number of rotatable bonds is 5. The van der Waals surface area contributed by atoms with Crippen LogP contribution in [0.4, 0.5) is 4.79 Å². The first kappa shape index (κ1) is 20.2. The molecule has 0 fully saturated rings. The zero-order valence-corrected chi connectivity index (χ0v) is 17.2. The van der Waals surface area contributed by atoms with Crippen molar-refractivity contribution >= 4 is 23.3 Å². The number of amides is 2. The molecule has 2 amide bonds. The highest BCUT2D eigenvalue weighted by Gasteiger charge is 2.28. The van der Waals surface area contributed by atoms with Crippen molar-refractivity contribution in [3.05, 3.63) is 70.7 Å². The fourth-order valence-corrected chi connectivity index (χ4v) is 3.29. The van der Waals surface area contributed by atoms with E-state index in [-0.39, 0.29) is 17.7 Å². The van der Waals surface area contributed by atoms with Crippen LogP contribution in [0, 0.1) is 0 Å². The van der Waals surface area contributed by atoms with E-state index in [4.69, 9.17) is 16.4 Å². The Labute approximate surface area is 171 Å². The minimum atomic E-state index is -0.318. The van der Waals surface area contributed by atoms with Crippen molar-refractivity contribution in [2.45, 2.75) is 45.4 Å². The van der Waals surface area contributed by atoms with Gasteiger partial charge in [-0.2, -0.15) is 0 Å². The maximum Gasteiger partial charge on any atom is 0.318 e. The van der Waals surface area contributed by atoms with Crippen LogP contribution >= 0.6 is 11.6 Å². The molecule has 6 heteroatoms. The van der Waals surface area contributed by atoms with Gasteiger partial charge in [0.1, 0.15) is 0 Å². The van der Waals surface area contributed by atoms with Crippen molar-refractivity contribution in [2.75, 3.05) is 6.54 Å². The average molecular weight is 400 g/mol. The van der Waals surface area contributed by atoms with E-state index in [2.05, 4.69) is 10.5 Å². The minimum Gasteiger partial charge on any atom is -0.390 e. The van der Waals surface area contributed by atoms with Crippen LogP contribution in [0.1, 0.15) is 38.3 Å². The van der Waals surface area contributed by atoms with Crippen LogP contribution in [-0.2, 0) is 11.4 Å². The Bertz CT molecular complexity index is 846. The summed E-state index contributed by atoms with van der Waals surface area (Å²) in [7, 11) is 0. The van der Waals surface area contributed by atoms with Crippen molar-refractivity contribution in [2.24, 2.45) is 5.16 Å². The third kappa shape index (κ3) is 5.49. The number of benzene rings is 2. The zero-order valence-electron chi connectivity index (χ0n) is 16.5. The average Bonchev–Trinajstić information content (AvgIpc) is 3.09. The van der Waals surface area contributed by atoms with Crippen molar-refractivity contribution in [1.29, 1.82) is 0 Å². The van der Waals surface area contributed by atoms with E-state index in [1.807, 2.05) is 75.4 Å². The Morgan fingerprint density at radius 3 is 2.54 bits per heavy atom. The fraction of sp³-hybridized carbons (Fsp3) is 0.364. The second kappa shape index (κ2) is 8.65. The lowest BCUT2D eigenvalue weighted by Crippen LogP contribution is -2.50. The van der Waals surface area contributed by atoms with Crippen LogP contribution in [0.15, 0.2) is 59.8 Å². The molecule has 148 valence electrons. The summed E-state index contributed by atoms with van der Waals surface area (Å²) in [6, 6.07) is 17.4. The molecule has 0 spiro atoms. The summed E-state index contributed by atoms with van der Waals surface area (Å²) in [5.41, 5.74) is 2.44. The van der Waals surface area contributed by atoms with E-state index >= 15 is 0 Å². The Balaban J connectivity index is 1.69. The molecule has 5 nitrogen and oxygen atoms in total. The number of carbonyl (C=O) groups is 1. The quantitative estimate of drug-likeness (QED) is 0.781. The number of nitrogens with one attached hydrogen (secondary N) is 1. The van der Waals surface area contributed by atoms with E-state index in [1.54, 1.807) is 4.90 Å². The van der Waals surface area contributed by atoms with E-state index in [0.29, 0.717) is 24.5 Å². The molecule has 0 unspecified atom stereocenters. The molecular formula is C22H26ClN3O2. The number of hydrogen-bond acceptors (Lipinski definition) is 3. The lowest BCUT2D eigenvalue weighted by molar-refractivity contribution is 0.0580. The third-order valence-corrected chi connectivity index (χ3v) is 4.66. The first-order chi connectivity index (χ1) is 13.3. The summed E-state index contributed by atoms with van der Waals surface area (Å²) >= 11 is 6.28. The van der Waals surface area contributed by atoms with E-state index in [0.717, 1.165) is 16.8 Å². The Morgan fingerprint density at radius 2 is 1.86 bits per heavy atom. The lowest BCUT2D eigenvalue weighted by atomic mass is 10.0. The van der Waals surface area contributed by atoms with Crippen LogP contribution in [0.3, 0.4) is 0 Å². The standard InChI is InChI=1S/C22H26ClN3O2/c1-22(2,3)24-21(27)26(14-16-9-5-4-6-10-16)15-17-13-20(25-28-17)18-11-7-8-12-19(18)23/h4-12,17H,13-15H2,1-3H3,(H,24,27)/t17-/m0/s1. The molecule has 0 saturated heterocycles. The maximum atomic E-state index is 12.9. The normalized spacial score (nSPS) is 16.3. The van der Waals surface area contributed by atoms with Gasteiger partial charge in [0.05, 0.1) is 12.3 Å². The summed E-state index contributed by atoms with van der Waals surface area (Å²) in [6.07, 6.45) is 0.401. The van der Waals surface area contributed by atoms with Gasteiger partial charge in [-0.05, 0) is 32.4 Å². The number of urea groups is 1. The van der Waals surface area contributed by atoms with Crippen LogP contribution < -0.4 is 5.32 Å².